The molecule has 9 heteroatoms. The second-order valence-corrected chi connectivity index (χ2v) is 3.33. The lowest BCUT2D eigenvalue weighted by Gasteiger charge is -2.07. The van der Waals surface area contributed by atoms with Crippen LogP contribution in [-0.4, -0.2) is 59.0 Å². The van der Waals surface area contributed by atoms with E-state index in [1.165, 1.54) is 6.92 Å². The van der Waals surface area contributed by atoms with Gasteiger partial charge in [0.1, 0.15) is 0 Å². The summed E-state index contributed by atoms with van der Waals surface area (Å²) in [5.41, 5.74) is 0. The third-order valence-electron chi connectivity index (χ3n) is 1.35. The van der Waals surface area contributed by atoms with E-state index in [-0.39, 0.29) is 32.5 Å². The van der Waals surface area contributed by atoms with E-state index in [4.69, 9.17) is 20.1 Å². The Morgan fingerprint density at radius 2 is 1.67 bits per heavy atom. The van der Waals surface area contributed by atoms with Crippen LogP contribution >= 0.6 is 0 Å². The van der Waals surface area contributed by atoms with Crippen molar-refractivity contribution < 1.29 is 44.0 Å². The minimum absolute atomic E-state index is 0.0456. The molecule has 0 rings (SSSR count). The van der Waals surface area contributed by atoms with Gasteiger partial charge in [0.15, 0.2) is 6.10 Å². The van der Waals surface area contributed by atoms with Crippen molar-refractivity contribution in [3.05, 3.63) is 0 Å². The molecule has 124 valence electrons. The fraction of sp³-hybridized carbons (Fsp3) is 0.667. The van der Waals surface area contributed by atoms with Crippen LogP contribution in [-0.2, 0) is 28.7 Å². The Kier molecular flexibility index (Phi) is 20.6. The Balaban J connectivity index is -0.000000386. The van der Waals surface area contributed by atoms with Crippen LogP contribution in [0.2, 0.25) is 0 Å². The van der Waals surface area contributed by atoms with Gasteiger partial charge in [-0.2, -0.15) is 0 Å². The molecule has 0 fully saturated rings. The molecule has 0 amide bonds. The SMILES string of the molecule is CC(=O)O.CC(OC=O)C(=O)OC(=O)CCCO.CCO. The normalized spacial score (nSPS) is 9.76. The number of ether oxygens (including phenoxy) is 2. The molecule has 0 aliphatic heterocycles. The number of carbonyl (C=O) groups excluding carboxylic acids is 3. The second-order valence-electron chi connectivity index (χ2n) is 3.33. The van der Waals surface area contributed by atoms with Crippen molar-refractivity contribution in [2.45, 2.75) is 39.7 Å². The summed E-state index contributed by atoms with van der Waals surface area (Å²) in [6, 6.07) is 0. The molecule has 0 aromatic carbocycles. The van der Waals surface area contributed by atoms with E-state index in [9.17, 15) is 14.4 Å². The number of esters is 2. The van der Waals surface area contributed by atoms with Crippen molar-refractivity contribution in [2.24, 2.45) is 0 Å². The smallest absolute Gasteiger partial charge is 0.354 e. The molecular weight excluding hydrogens is 288 g/mol. The number of hydrogen-bond acceptors (Lipinski definition) is 8. The summed E-state index contributed by atoms with van der Waals surface area (Å²) >= 11 is 0. The molecule has 1 unspecified atom stereocenters. The van der Waals surface area contributed by atoms with Crippen LogP contribution in [0.15, 0.2) is 0 Å². The van der Waals surface area contributed by atoms with Crippen LogP contribution in [0.25, 0.3) is 0 Å². The Morgan fingerprint density at radius 1 is 1.24 bits per heavy atom. The molecule has 0 aliphatic rings. The van der Waals surface area contributed by atoms with Gasteiger partial charge in [-0.3, -0.25) is 14.4 Å². The molecule has 0 aliphatic carbocycles. The van der Waals surface area contributed by atoms with Crippen LogP contribution in [0.4, 0.5) is 0 Å². The first-order valence-electron chi connectivity index (χ1n) is 6.01. The molecule has 21 heavy (non-hydrogen) atoms. The van der Waals surface area contributed by atoms with Gasteiger partial charge in [-0.05, 0) is 20.3 Å². The molecule has 3 N–H and O–H groups in total. The zero-order valence-corrected chi connectivity index (χ0v) is 12.3. The Hall–Kier alpha value is -2.00. The monoisotopic (exact) mass is 310 g/mol. The van der Waals surface area contributed by atoms with Gasteiger partial charge in [-0.15, -0.1) is 0 Å². The number of aliphatic hydroxyl groups excluding tert-OH is 2. The van der Waals surface area contributed by atoms with Gasteiger partial charge in [-0.25, -0.2) is 4.79 Å². The molecule has 9 nitrogen and oxygen atoms in total. The van der Waals surface area contributed by atoms with Crippen LogP contribution < -0.4 is 0 Å². The van der Waals surface area contributed by atoms with Crippen LogP contribution in [0, 0.1) is 0 Å². The molecule has 0 aromatic rings. The molecular formula is C12H22O9. The van der Waals surface area contributed by atoms with Crippen LogP contribution in [0.5, 0.6) is 0 Å². The third kappa shape index (κ3) is 27.3. The van der Waals surface area contributed by atoms with Gasteiger partial charge in [-0.1, -0.05) is 0 Å². The van der Waals surface area contributed by atoms with E-state index >= 15 is 0 Å². The molecule has 0 aromatic heterocycles. The maximum atomic E-state index is 10.9. The highest BCUT2D eigenvalue weighted by atomic mass is 16.6. The molecule has 1 atom stereocenters. The second kappa shape index (κ2) is 18.0. The minimum atomic E-state index is -1.09. The lowest BCUT2D eigenvalue weighted by Crippen LogP contribution is -2.25. The number of carboxylic acids is 1. The van der Waals surface area contributed by atoms with E-state index in [1.807, 2.05) is 0 Å². The summed E-state index contributed by atoms with van der Waals surface area (Å²) in [5.74, 6) is -2.49. The average Bonchev–Trinajstić information content (AvgIpc) is 2.36. The van der Waals surface area contributed by atoms with E-state index < -0.39 is 24.0 Å². The molecule has 0 saturated carbocycles. The highest BCUT2D eigenvalue weighted by Crippen LogP contribution is 1.97. The lowest BCUT2D eigenvalue weighted by atomic mass is 10.3. The average molecular weight is 310 g/mol. The van der Waals surface area contributed by atoms with E-state index in [2.05, 4.69) is 9.47 Å². The van der Waals surface area contributed by atoms with Crippen molar-refractivity contribution in [1.82, 2.24) is 0 Å². The largest absolute Gasteiger partial charge is 0.481 e. The predicted molar refractivity (Wildman–Crippen MR) is 70.1 cm³/mol. The molecule has 0 heterocycles. The van der Waals surface area contributed by atoms with Crippen molar-refractivity contribution in [2.75, 3.05) is 13.2 Å². The maximum Gasteiger partial charge on any atom is 0.354 e. The molecule has 0 bridgehead atoms. The zero-order chi connectivity index (χ0) is 17.3. The van der Waals surface area contributed by atoms with Crippen molar-refractivity contribution in [3.63, 3.8) is 0 Å². The van der Waals surface area contributed by atoms with Gasteiger partial charge in [0, 0.05) is 26.6 Å². The minimum Gasteiger partial charge on any atom is -0.481 e. The fourth-order valence-corrected chi connectivity index (χ4v) is 0.608. The fourth-order valence-electron chi connectivity index (χ4n) is 0.608. The van der Waals surface area contributed by atoms with Crippen molar-refractivity contribution in [3.8, 4) is 0 Å². The topological polar surface area (TPSA) is 147 Å². The number of hydrogen-bond donors (Lipinski definition) is 3. The first-order chi connectivity index (χ1) is 9.76. The van der Waals surface area contributed by atoms with Gasteiger partial charge < -0.3 is 24.8 Å². The number of rotatable bonds is 6. The Bertz CT molecular complexity index is 297. The predicted octanol–water partition coefficient (Wildman–Crippen LogP) is -0.520. The Morgan fingerprint density at radius 3 is 2.00 bits per heavy atom. The summed E-state index contributed by atoms with van der Waals surface area (Å²) in [6.07, 6.45) is -0.906. The molecule has 0 spiro atoms. The number of aliphatic hydroxyl groups is 2. The standard InChI is InChI=1S/C8H12O6.C2H4O2.C2H6O/c1-6(13-5-10)8(12)14-7(11)3-2-4-9;1-2(3)4;1-2-3/h5-6,9H,2-4H2,1H3;1H3,(H,3,4);3H,2H2,1H3. The van der Waals surface area contributed by atoms with E-state index in [1.54, 1.807) is 6.92 Å². The lowest BCUT2D eigenvalue weighted by molar-refractivity contribution is -0.169. The summed E-state index contributed by atoms with van der Waals surface area (Å²) < 4.78 is 8.55. The molecule has 0 saturated heterocycles. The first kappa shape index (κ1) is 24.0. The summed E-state index contributed by atoms with van der Waals surface area (Å²) in [7, 11) is 0. The molecule has 0 radical (unpaired) electrons. The van der Waals surface area contributed by atoms with E-state index in [0.29, 0.717) is 0 Å². The number of carboxylic acid groups (broad SMARTS) is 1. The quantitative estimate of drug-likeness (QED) is 0.335. The summed E-state index contributed by atoms with van der Waals surface area (Å²) in [5, 5.41) is 23.4. The van der Waals surface area contributed by atoms with Gasteiger partial charge in [0.25, 0.3) is 12.4 Å². The van der Waals surface area contributed by atoms with Gasteiger partial charge >= 0.3 is 11.9 Å². The van der Waals surface area contributed by atoms with Crippen LogP contribution in [0.3, 0.4) is 0 Å². The first-order valence-corrected chi connectivity index (χ1v) is 6.01. The Labute approximate surface area is 122 Å². The third-order valence-corrected chi connectivity index (χ3v) is 1.35. The van der Waals surface area contributed by atoms with Crippen molar-refractivity contribution >= 4 is 24.4 Å². The zero-order valence-electron chi connectivity index (χ0n) is 12.3. The van der Waals surface area contributed by atoms with Gasteiger partial charge in [0.2, 0.25) is 0 Å². The summed E-state index contributed by atoms with van der Waals surface area (Å²) in [6.45, 7) is 4.25. The summed E-state index contributed by atoms with van der Waals surface area (Å²) in [4.78, 5) is 40.6. The maximum absolute atomic E-state index is 10.9. The van der Waals surface area contributed by atoms with Crippen LogP contribution in [0.1, 0.15) is 33.6 Å². The highest BCUT2D eigenvalue weighted by Gasteiger charge is 2.18. The number of carbonyl (C=O) groups is 4. The highest BCUT2D eigenvalue weighted by molar-refractivity contribution is 5.88. The van der Waals surface area contributed by atoms with E-state index in [0.717, 1.165) is 6.92 Å². The number of aliphatic carboxylic acids is 1. The van der Waals surface area contributed by atoms with Crippen molar-refractivity contribution in [1.29, 1.82) is 0 Å². The van der Waals surface area contributed by atoms with Gasteiger partial charge in [0.05, 0.1) is 0 Å².